The fraction of sp³-hybridized carbons (Fsp3) is 0.235. The smallest absolute Gasteiger partial charge is 0.247 e. The van der Waals surface area contributed by atoms with E-state index in [0.717, 1.165) is 15.7 Å². The Labute approximate surface area is 133 Å². The van der Waals surface area contributed by atoms with E-state index in [0.29, 0.717) is 6.42 Å². The topological polar surface area (TPSA) is 55.1 Å². The molecule has 0 spiro atoms. The van der Waals surface area contributed by atoms with Crippen LogP contribution in [0.25, 0.3) is 0 Å². The van der Waals surface area contributed by atoms with E-state index in [9.17, 15) is 4.79 Å². The molecule has 0 saturated heterocycles. The first kappa shape index (κ1) is 15.6. The van der Waals surface area contributed by atoms with Crippen molar-refractivity contribution >= 4 is 27.5 Å². The Morgan fingerprint density at radius 2 is 1.71 bits per heavy atom. The van der Waals surface area contributed by atoms with Crippen LogP contribution in [0.2, 0.25) is 0 Å². The Hall–Kier alpha value is -1.81. The Morgan fingerprint density at radius 3 is 2.19 bits per heavy atom. The number of halogens is 1. The maximum absolute atomic E-state index is 12.2. The van der Waals surface area contributed by atoms with Gasteiger partial charge in [0.25, 0.3) is 0 Å². The number of aryl methyl sites for hydroxylation is 1. The lowest BCUT2D eigenvalue weighted by Crippen LogP contribution is -2.47. The largest absolute Gasteiger partial charge is 0.368 e. The number of hydrogen-bond acceptors (Lipinski definition) is 2. The van der Waals surface area contributed by atoms with Crippen LogP contribution in [0, 0.1) is 6.92 Å². The highest BCUT2D eigenvalue weighted by Crippen LogP contribution is 2.30. The van der Waals surface area contributed by atoms with Gasteiger partial charge >= 0.3 is 0 Å². The number of benzene rings is 2. The van der Waals surface area contributed by atoms with E-state index in [-0.39, 0.29) is 5.91 Å². The number of carbonyl (C=O) groups is 1. The molecule has 21 heavy (non-hydrogen) atoms. The second-order valence-corrected chi connectivity index (χ2v) is 6.04. The molecule has 1 atom stereocenters. The predicted octanol–water partition coefficient (Wildman–Crippen LogP) is 3.96. The van der Waals surface area contributed by atoms with Crippen LogP contribution in [-0.4, -0.2) is 5.91 Å². The summed E-state index contributed by atoms with van der Waals surface area (Å²) in [6.45, 7) is 3.98. The first-order valence-electron chi connectivity index (χ1n) is 6.89. The number of carbonyl (C=O) groups excluding carboxylic acids is 1. The summed E-state index contributed by atoms with van der Waals surface area (Å²) in [7, 11) is 0. The predicted molar refractivity (Wildman–Crippen MR) is 90.1 cm³/mol. The quantitative estimate of drug-likeness (QED) is 0.860. The summed E-state index contributed by atoms with van der Waals surface area (Å²) in [6.07, 6.45) is 0.567. The van der Waals surface area contributed by atoms with Crippen LogP contribution >= 0.6 is 15.9 Å². The maximum atomic E-state index is 12.2. The van der Waals surface area contributed by atoms with E-state index in [1.165, 1.54) is 5.56 Å². The normalized spacial score (nSPS) is 13.5. The zero-order valence-corrected chi connectivity index (χ0v) is 13.8. The zero-order valence-electron chi connectivity index (χ0n) is 12.2. The van der Waals surface area contributed by atoms with E-state index < -0.39 is 5.54 Å². The van der Waals surface area contributed by atoms with Crippen LogP contribution in [0.4, 0.5) is 5.69 Å². The molecule has 4 heteroatoms. The summed E-state index contributed by atoms with van der Waals surface area (Å²) in [5.41, 5.74) is 7.72. The molecular formula is C17H19BrN2O. The Kier molecular flexibility index (Phi) is 4.68. The van der Waals surface area contributed by atoms with Crippen molar-refractivity contribution in [2.24, 2.45) is 5.73 Å². The Morgan fingerprint density at radius 1 is 1.14 bits per heavy atom. The third-order valence-electron chi connectivity index (χ3n) is 3.70. The third-order valence-corrected chi connectivity index (χ3v) is 4.23. The van der Waals surface area contributed by atoms with Gasteiger partial charge in [0, 0.05) is 10.2 Å². The highest BCUT2D eigenvalue weighted by atomic mass is 79.9. The van der Waals surface area contributed by atoms with Crippen LogP contribution in [-0.2, 0) is 10.3 Å². The third kappa shape index (κ3) is 3.27. The van der Waals surface area contributed by atoms with Crippen LogP contribution in [0.5, 0.6) is 0 Å². The van der Waals surface area contributed by atoms with E-state index in [2.05, 4.69) is 21.2 Å². The number of anilines is 1. The van der Waals surface area contributed by atoms with Crippen molar-refractivity contribution in [2.45, 2.75) is 25.8 Å². The lowest BCUT2D eigenvalue weighted by Gasteiger charge is -2.32. The Bertz CT molecular complexity index is 622. The van der Waals surface area contributed by atoms with Gasteiger partial charge in [-0.3, -0.25) is 4.79 Å². The van der Waals surface area contributed by atoms with E-state index in [1.807, 2.05) is 62.4 Å². The molecule has 0 saturated carbocycles. The second-order valence-electron chi connectivity index (χ2n) is 5.12. The summed E-state index contributed by atoms with van der Waals surface area (Å²) in [6, 6.07) is 15.6. The molecule has 0 aliphatic heterocycles. The molecule has 0 aliphatic rings. The standard InChI is InChI=1S/C17H19BrN2O/c1-3-17(16(19)21,13-6-8-14(18)9-7-13)20-15-10-4-12(2)5-11-15/h4-11,20H,3H2,1-2H3,(H2,19,21). The van der Waals surface area contributed by atoms with Crippen molar-refractivity contribution < 1.29 is 4.79 Å². The highest BCUT2D eigenvalue weighted by molar-refractivity contribution is 9.10. The first-order valence-corrected chi connectivity index (χ1v) is 7.68. The SMILES string of the molecule is CCC(Nc1ccc(C)cc1)(C(N)=O)c1ccc(Br)cc1. The molecule has 0 fully saturated rings. The molecule has 1 unspecified atom stereocenters. The molecule has 0 radical (unpaired) electrons. The zero-order chi connectivity index (χ0) is 15.5. The van der Waals surface area contributed by atoms with Gasteiger partial charge in [0.15, 0.2) is 0 Å². The van der Waals surface area contributed by atoms with Crippen LogP contribution in [0.3, 0.4) is 0 Å². The average Bonchev–Trinajstić information content (AvgIpc) is 2.47. The fourth-order valence-electron chi connectivity index (χ4n) is 2.36. The molecule has 2 aromatic carbocycles. The minimum Gasteiger partial charge on any atom is -0.368 e. The van der Waals surface area contributed by atoms with E-state index >= 15 is 0 Å². The summed E-state index contributed by atoms with van der Waals surface area (Å²) < 4.78 is 0.969. The van der Waals surface area contributed by atoms with Crippen molar-refractivity contribution in [2.75, 3.05) is 5.32 Å². The molecule has 2 rings (SSSR count). The summed E-state index contributed by atoms with van der Waals surface area (Å²) in [4.78, 5) is 12.2. The molecule has 110 valence electrons. The van der Waals surface area contributed by atoms with Crippen LogP contribution in [0.15, 0.2) is 53.0 Å². The van der Waals surface area contributed by atoms with Gasteiger partial charge in [0.1, 0.15) is 5.54 Å². The van der Waals surface area contributed by atoms with E-state index in [1.54, 1.807) is 0 Å². The van der Waals surface area contributed by atoms with Crippen molar-refractivity contribution in [1.82, 2.24) is 0 Å². The molecule has 2 aromatic rings. The summed E-state index contributed by atoms with van der Waals surface area (Å²) in [5.74, 6) is -0.382. The maximum Gasteiger partial charge on any atom is 0.247 e. The number of amides is 1. The number of rotatable bonds is 5. The van der Waals surface area contributed by atoms with Gasteiger partial charge in [0.2, 0.25) is 5.91 Å². The Balaban J connectivity index is 2.44. The number of hydrogen-bond donors (Lipinski definition) is 2. The van der Waals surface area contributed by atoms with Crippen molar-refractivity contribution in [3.8, 4) is 0 Å². The van der Waals surface area contributed by atoms with Gasteiger partial charge in [0.05, 0.1) is 0 Å². The molecule has 3 N–H and O–H groups in total. The van der Waals surface area contributed by atoms with Gasteiger partial charge in [-0.2, -0.15) is 0 Å². The molecule has 0 aliphatic carbocycles. The van der Waals surface area contributed by atoms with Crippen LogP contribution < -0.4 is 11.1 Å². The van der Waals surface area contributed by atoms with E-state index in [4.69, 9.17) is 5.73 Å². The number of nitrogens with one attached hydrogen (secondary N) is 1. The van der Waals surface area contributed by atoms with Gasteiger partial charge in [-0.1, -0.05) is 52.7 Å². The molecule has 0 heterocycles. The lowest BCUT2D eigenvalue weighted by atomic mass is 9.86. The van der Waals surface area contributed by atoms with Crippen molar-refractivity contribution in [3.63, 3.8) is 0 Å². The van der Waals surface area contributed by atoms with Gasteiger partial charge in [-0.15, -0.1) is 0 Å². The van der Waals surface area contributed by atoms with Crippen molar-refractivity contribution in [1.29, 1.82) is 0 Å². The molecule has 1 amide bonds. The lowest BCUT2D eigenvalue weighted by molar-refractivity contribution is -0.122. The minimum absolute atomic E-state index is 0.382. The van der Waals surface area contributed by atoms with Crippen LogP contribution in [0.1, 0.15) is 24.5 Å². The molecule has 0 aromatic heterocycles. The van der Waals surface area contributed by atoms with Gasteiger partial charge in [-0.05, 0) is 43.2 Å². The molecule has 3 nitrogen and oxygen atoms in total. The first-order chi connectivity index (χ1) is 9.98. The summed E-state index contributed by atoms with van der Waals surface area (Å²) in [5, 5.41) is 3.31. The monoisotopic (exact) mass is 346 g/mol. The molecular weight excluding hydrogens is 328 g/mol. The fourth-order valence-corrected chi connectivity index (χ4v) is 2.62. The number of primary amides is 1. The summed E-state index contributed by atoms with van der Waals surface area (Å²) >= 11 is 3.41. The highest BCUT2D eigenvalue weighted by Gasteiger charge is 2.36. The second kappa shape index (κ2) is 6.31. The van der Waals surface area contributed by atoms with Gasteiger partial charge in [-0.25, -0.2) is 0 Å². The number of nitrogens with two attached hydrogens (primary N) is 1. The van der Waals surface area contributed by atoms with Gasteiger partial charge < -0.3 is 11.1 Å². The minimum atomic E-state index is -0.907. The average molecular weight is 347 g/mol. The molecule has 0 bridgehead atoms. The van der Waals surface area contributed by atoms with Crippen molar-refractivity contribution in [3.05, 3.63) is 64.1 Å².